The first-order valence-corrected chi connectivity index (χ1v) is 13.3. The first-order chi connectivity index (χ1) is 19.1. The van der Waals surface area contributed by atoms with E-state index in [0.29, 0.717) is 50.7 Å². The van der Waals surface area contributed by atoms with Crippen LogP contribution in [0.4, 0.5) is 11.4 Å². The summed E-state index contributed by atoms with van der Waals surface area (Å²) in [6, 6.07) is 12.6. The maximum atomic E-state index is 14.5. The summed E-state index contributed by atoms with van der Waals surface area (Å²) in [7, 11) is 3.08. The van der Waals surface area contributed by atoms with E-state index in [9.17, 15) is 9.59 Å². The number of nitrogens with one attached hydrogen (secondary N) is 1. The summed E-state index contributed by atoms with van der Waals surface area (Å²) >= 11 is 6.34. The third-order valence-corrected chi connectivity index (χ3v) is 7.81. The Hall–Kier alpha value is -4.37. The molecule has 1 atom stereocenters. The molecule has 10 heteroatoms. The SMILES string of the molecule is COc1cc(OC)c(-c2nc3c(n2C(C)C)C2(C(=O)Nc4cc(Cl)ccc42)N(c2cc(C)ccc2C)C3=O)cn1. The number of nitrogens with zero attached hydrogens (tertiary/aromatic N) is 4. The summed E-state index contributed by atoms with van der Waals surface area (Å²) < 4.78 is 12.9. The lowest BCUT2D eigenvalue weighted by Crippen LogP contribution is -2.51. The van der Waals surface area contributed by atoms with Crippen molar-refractivity contribution in [3.8, 4) is 23.0 Å². The molecular formula is C30H28ClN5O4. The highest BCUT2D eigenvalue weighted by molar-refractivity contribution is 6.31. The fourth-order valence-electron chi connectivity index (χ4n) is 5.83. The van der Waals surface area contributed by atoms with Crippen molar-refractivity contribution >= 4 is 34.8 Å². The van der Waals surface area contributed by atoms with Gasteiger partial charge in [-0.15, -0.1) is 0 Å². The Balaban J connectivity index is 1.73. The molecule has 2 amide bonds. The zero-order chi connectivity index (χ0) is 28.5. The monoisotopic (exact) mass is 557 g/mol. The summed E-state index contributed by atoms with van der Waals surface area (Å²) in [5, 5.41) is 3.48. The molecule has 4 aromatic rings. The van der Waals surface area contributed by atoms with Crippen LogP contribution >= 0.6 is 11.6 Å². The van der Waals surface area contributed by atoms with Gasteiger partial charge in [-0.2, -0.15) is 0 Å². The number of pyridine rings is 1. The summed E-state index contributed by atoms with van der Waals surface area (Å²) in [4.78, 5) is 39.7. The molecule has 6 rings (SSSR count). The molecule has 0 radical (unpaired) electrons. The number of carbonyl (C=O) groups is 2. The predicted molar refractivity (Wildman–Crippen MR) is 153 cm³/mol. The number of methoxy groups -OCH3 is 2. The normalized spacial score (nSPS) is 17.4. The van der Waals surface area contributed by atoms with Crippen LogP contribution < -0.4 is 19.7 Å². The van der Waals surface area contributed by atoms with Crippen LogP contribution in [0.15, 0.2) is 48.7 Å². The molecular weight excluding hydrogens is 530 g/mol. The number of hydrogen-bond acceptors (Lipinski definition) is 6. The van der Waals surface area contributed by atoms with E-state index in [0.717, 1.165) is 11.1 Å². The van der Waals surface area contributed by atoms with Gasteiger partial charge in [0.2, 0.25) is 5.88 Å². The third kappa shape index (κ3) is 3.40. The van der Waals surface area contributed by atoms with E-state index in [2.05, 4.69) is 10.3 Å². The van der Waals surface area contributed by atoms with Crippen molar-refractivity contribution in [2.24, 2.45) is 0 Å². The van der Waals surface area contributed by atoms with Crippen LogP contribution in [0.5, 0.6) is 11.6 Å². The van der Waals surface area contributed by atoms with Gasteiger partial charge in [0.05, 0.1) is 25.5 Å². The molecule has 1 spiro atoms. The second-order valence-electron chi connectivity index (χ2n) is 10.3. The molecule has 40 heavy (non-hydrogen) atoms. The fourth-order valence-corrected chi connectivity index (χ4v) is 6.00. The van der Waals surface area contributed by atoms with Crippen molar-refractivity contribution in [3.05, 3.63) is 81.8 Å². The van der Waals surface area contributed by atoms with Crippen LogP contribution in [-0.2, 0) is 10.3 Å². The Bertz CT molecular complexity index is 1730. The second kappa shape index (κ2) is 9.09. The van der Waals surface area contributed by atoms with Gasteiger partial charge in [0.25, 0.3) is 11.8 Å². The van der Waals surface area contributed by atoms with Gasteiger partial charge in [-0.3, -0.25) is 14.5 Å². The number of aromatic nitrogens is 3. The minimum atomic E-state index is -1.52. The molecule has 0 bridgehead atoms. The van der Waals surface area contributed by atoms with Crippen LogP contribution in [0.25, 0.3) is 11.4 Å². The lowest BCUT2D eigenvalue weighted by Gasteiger charge is -2.36. The number of aryl methyl sites for hydroxylation is 2. The smallest absolute Gasteiger partial charge is 0.280 e. The zero-order valence-electron chi connectivity index (χ0n) is 23.0. The fraction of sp³-hybridized carbons (Fsp3) is 0.267. The first kappa shape index (κ1) is 25.9. The van der Waals surface area contributed by atoms with Crippen molar-refractivity contribution < 1.29 is 19.1 Å². The van der Waals surface area contributed by atoms with Crippen molar-refractivity contribution in [1.29, 1.82) is 0 Å². The molecule has 204 valence electrons. The Morgan fingerprint density at radius 3 is 2.50 bits per heavy atom. The van der Waals surface area contributed by atoms with Crippen molar-refractivity contribution in [2.45, 2.75) is 39.3 Å². The molecule has 0 saturated carbocycles. The Morgan fingerprint density at radius 1 is 1.02 bits per heavy atom. The van der Waals surface area contributed by atoms with Gasteiger partial charge in [-0.05, 0) is 57.0 Å². The van der Waals surface area contributed by atoms with Gasteiger partial charge in [0.1, 0.15) is 11.6 Å². The standard InChI is InChI=1S/C30H28ClN5O4/c1-15(2)35-26-25(34-27(35)19-14-32-24(40-6)13-23(19)39-5)28(37)36(22-11-16(3)7-8-17(22)4)30(26)20-10-9-18(31)12-21(20)33-29(30)38/h7-15H,1-6H3,(H,33,38). The van der Waals surface area contributed by atoms with E-state index < -0.39 is 5.54 Å². The first-order valence-electron chi connectivity index (χ1n) is 12.9. The Morgan fingerprint density at radius 2 is 1.80 bits per heavy atom. The average Bonchev–Trinajstić information content (AvgIpc) is 3.53. The largest absolute Gasteiger partial charge is 0.496 e. The number of fused-ring (bicyclic) bond motifs is 4. The highest BCUT2D eigenvalue weighted by atomic mass is 35.5. The van der Waals surface area contributed by atoms with Crippen LogP contribution in [0.2, 0.25) is 5.02 Å². The summed E-state index contributed by atoms with van der Waals surface area (Å²) in [6.45, 7) is 7.86. The van der Waals surface area contributed by atoms with E-state index in [4.69, 9.17) is 26.1 Å². The number of amides is 2. The molecule has 0 aliphatic carbocycles. The topological polar surface area (TPSA) is 98.6 Å². The van der Waals surface area contributed by atoms with E-state index in [1.165, 1.54) is 7.11 Å². The Kier molecular flexibility index (Phi) is 5.88. The molecule has 2 aromatic heterocycles. The van der Waals surface area contributed by atoms with Crippen LogP contribution in [0.1, 0.15) is 52.8 Å². The summed E-state index contributed by atoms with van der Waals surface area (Å²) in [5.74, 6) is 0.600. The van der Waals surface area contributed by atoms with Gasteiger partial charge in [0, 0.05) is 40.3 Å². The maximum Gasteiger partial charge on any atom is 0.280 e. The van der Waals surface area contributed by atoms with Gasteiger partial charge in [0.15, 0.2) is 11.2 Å². The Labute approximate surface area is 236 Å². The summed E-state index contributed by atoms with van der Waals surface area (Å²) in [5.41, 5.74) is 3.37. The second-order valence-corrected chi connectivity index (χ2v) is 10.7. The lowest BCUT2D eigenvalue weighted by atomic mass is 9.86. The number of anilines is 2. The minimum Gasteiger partial charge on any atom is -0.496 e. The lowest BCUT2D eigenvalue weighted by molar-refractivity contribution is -0.119. The molecule has 2 aliphatic rings. The van der Waals surface area contributed by atoms with E-state index >= 15 is 0 Å². The van der Waals surface area contributed by atoms with E-state index in [1.54, 1.807) is 36.4 Å². The zero-order valence-corrected chi connectivity index (χ0v) is 23.8. The minimum absolute atomic E-state index is 0.189. The molecule has 9 nitrogen and oxygen atoms in total. The van der Waals surface area contributed by atoms with E-state index in [1.807, 2.05) is 56.5 Å². The van der Waals surface area contributed by atoms with Gasteiger partial charge < -0.3 is 19.4 Å². The molecule has 1 unspecified atom stereocenters. The average molecular weight is 558 g/mol. The van der Waals surface area contributed by atoms with Crippen molar-refractivity contribution in [2.75, 3.05) is 24.4 Å². The van der Waals surface area contributed by atoms with Crippen LogP contribution in [0.3, 0.4) is 0 Å². The number of imidazole rings is 1. The predicted octanol–water partition coefficient (Wildman–Crippen LogP) is 5.67. The number of benzene rings is 2. The van der Waals surface area contributed by atoms with Crippen molar-refractivity contribution in [3.63, 3.8) is 0 Å². The van der Waals surface area contributed by atoms with Gasteiger partial charge in [-0.25, -0.2) is 9.97 Å². The number of rotatable bonds is 5. The number of halogens is 1. The molecule has 2 aromatic carbocycles. The molecule has 0 fully saturated rings. The maximum absolute atomic E-state index is 14.5. The van der Waals surface area contributed by atoms with Crippen molar-refractivity contribution in [1.82, 2.24) is 14.5 Å². The quantitative estimate of drug-likeness (QED) is 0.339. The number of carbonyl (C=O) groups excluding carboxylic acids is 2. The number of ether oxygens (including phenoxy) is 2. The van der Waals surface area contributed by atoms with Gasteiger partial charge >= 0.3 is 0 Å². The molecule has 1 N–H and O–H groups in total. The summed E-state index contributed by atoms with van der Waals surface area (Å²) in [6.07, 6.45) is 1.61. The highest BCUT2D eigenvalue weighted by Crippen LogP contribution is 2.55. The molecule has 0 saturated heterocycles. The molecule has 2 aliphatic heterocycles. The number of hydrogen-bond donors (Lipinski definition) is 1. The van der Waals surface area contributed by atoms with Crippen LogP contribution in [0, 0.1) is 13.8 Å². The van der Waals surface area contributed by atoms with E-state index in [-0.39, 0.29) is 23.6 Å². The van der Waals surface area contributed by atoms with Crippen LogP contribution in [-0.4, -0.2) is 40.6 Å². The third-order valence-electron chi connectivity index (χ3n) is 7.58. The van der Waals surface area contributed by atoms with Gasteiger partial charge in [-0.1, -0.05) is 29.8 Å². The highest BCUT2D eigenvalue weighted by Gasteiger charge is 2.64. The molecule has 4 heterocycles.